The first kappa shape index (κ1) is 12.7. The number of carbonyl (C=O) groups excluding carboxylic acids is 1. The third-order valence-corrected chi connectivity index (χ3v) is 2.23. The molecule has 0 bridgehead atoms. The summed E-state index contributed by atoms with van der Waals surface area (Å²) in [4.78, 5) is 15.6. The summed E-state index contributed by atoms with van der Waals surface area (Å²) in [6.45, 7) is 4.26. The summed E-state index contributed by atoms with van der Waals surface area (Å²) < 4.78 is 5.19. The van der Waals surface area contributed by atoms with Crippen molar-refractivity contribution in [3.8, 4) is 0 Å². The van der Waals surface area contributed by atoms with Crippen molar-refractivity contribution in [2.75, 3.05) is 13.2 Å². The van der Waals surface area contributed by atoms with Gasteiger partial charge in [0.2, 0.25) is 5.76 Å². The molecule has 0 fully saturated rings. The molecule has 0 atom stereocenters. The van der Waals surface area contributed by atoms with Crippen molar-refractivity contribution < 1.29 is 14.3 Å². The Labute approximate surface area is 94.9 Å². The number of aliphatic hydroxyl groups is 1. The number of hydrogen-bond acceptors (Lipinski definition) is 4. The van der Waals surface area contributed by atoms with Crippen LogP contribution in [0, 0.1) is 13.8 Å². The molecule has 0 unspecified atom stereocenters. The third kappa shape index (κ3) is 3.66. The van der Waals surface area contributed by atoms with E-state index in [1.807, 2.05) is 0 Å². The molecular weight excluding hydrogens is 208 g/mol. The van der Waals surface area contributed by atoms with Crippen molar-refractivity contribution in [3.05, 3.63) is 17.3 Å². The van der Waals surface area contributed by atoms with Gasteiger partial charge in [-0.05, 0) is 26.2 Å². The van der Waals surface area contributed by atoms with Gasteiger partial charge in [-0.2, -0.15) is 0 Å². The lowest BCUT2D eigenvalue weighted by Crippen LogP contribution is -2.24. The van der Waals surface area contributed by atoms with Gasteiger partial charge in [0.25, 0.3) is 5.91 Å². The Morgan fingerprint density at radius 1 is 1.38 bits per heavy atom. The zero-order chi connectivity index (χ0) is 12.0. The van der Waals surface area contributed by atoms with Crippen LogP contribution in [0.25, 0.3) is 0 Å². The highest BCUT2D eigenvalue weighted by atomic mass is 16.4. The number of aliphatic hydroxyl groups excluding tert-OH is 1. The molecule has 1 rings (SSSR count). The normalized spacial score (nSPS) is 10.4. The molecule has 0 saturated heterocycles. The maximum Gasteiger partial charge on any atom is 0.289 e. The standard InChI is InChI=1S/C11H18N2O3/c1-8-10(16-9(2)13-8)11(15)12-6-4-3-5-7-14/h14H,3-7H2,1-2H3,(H,12,15). The molecule has 5 heteroatoms. The predicted octanol–water partition coefficient (Wildman–Crippen LogP) is 1.18. The van der Waals surface area contributed by atoms with Crippen molar-refractivity contribution >= 4 is 5.91 Å². The summed E-state index contributed by atoms with van der Waals surface area (Å²) in [5.41, 5.74) is 0.616. The molecule has 1 heterocycles. The van der Waals surface area contributed by atoms with Gasteiger partial charge in [0.15, 0.2) is 5.89 Å². The third-order valence-electron chi connectivity index (χ3n) is 2.23. The van der Waals surface area contributed by atoms with Crippen LogP contribution in [0.5, 0.6) is 0 Å². The van der Waals surface area contributed by atoms with Gasteiger partial charge < -0.3 is 14.8 Å². The molecular formula is C11H18N2O3. The van der Waals surface area contributed by atoms with E-state index < -0.39 is 0 Å². The van der Waals surface area contributed by atoms with Gasteiger partial charge in [-0.3, -0.25) is 4.79 Å². The lowest BCUT2D eigenvalue weighted by Gasteiger charge is -2.02. The van der Waals surface area contributed by atoms with E-state index in [4.69, 9.17) is 9.52 Å². The minimum Gasteiger partial charge on any atom is -0.436 e. The van der Waals surface area contributed by atoms with E-state index >= 15 is 0 Å². The SMILES string of the molecule is Cc1nc(C)c(C(=O)NCCCCCO)o1. The molecule has 90 valence electrons. The highest BCUT2D eigenvalue weighted by Gasteiger charge is 2.14. The Kier molecular flexibility index (Phi) is 4.98. The first-order valence-electron chi connectivity index (χ1n) is 5.48. The quantitative estimate of drug-likeness (QED) is 0.714. The zero-order valence-corrected chi connectivity index (χ0v) is 9.75. The molecule has 1 amide bonds. The summed E-state index contributed by atoms with van der Waals surface area (Å²) in [5, 5.41) is 11.3. The van der Waals surface area contributed by atoms with Crippen LogP contribution in [-0.2, 0) is 0 Å². The van der Waals surface area contributed by atoms with Crippen molar-refractivity contribution in [2.45, 2.75) is 33.1 Å². The van der Waals surface area contributed by atoms with Gasteiger partial charge in [-0.1, -0.05) is 0 Å². The molecule has 0 aliphatic carbocycles. The van der Waals surface area contributed by atoms with Crippen molar-refractivity contribution in [3.63, 3.8) is 0 Å². The van der Waals surface area contributed by atoms with Gasteiger partial charge >= 0.3 is 0 Å². The zero-order valence-electron chi connectivity index (χ0n) is 9.75. The van der Waals surface area contributed by atoms with E-state index in [1.165, 1.54) is 0 Å². The predicted molar refractivity (Wildman–Crippen MR) is 59.2 cm³/mol. The van der Waals surface area contributed by atoms with Crippen LogP contribution in [0.1, 0.15) is 41.4 Å². The highest BCUT2D eigenvalue weighted by Crippen LogP contribution is 2.08. The number of aromatic nitrogens is 1. The molecule has 5 nitrogen and oxygen atoms in total. The molecule has 0 spiro atoms. The Balaban J connectivity index is 2.33. The van der Waals surface area contributed by atoms with Crippen molar-refractivity contribution in [1.29, 1.82) is 0 Å². The summed E-state index contributed by atoms with van der Waals surface area (Å²) in [6.07, 6.45) is 2.54. The van der Waals surface area contributed by atoms with Gasteiger partial charge in [0, 0.05) is 20.1 Å². The summed E-state index contributed by atoms with van der Waals surface area (Å²) >= 11 is 0. The Morgan fingerprint density at radius 3 is 2.69 bits per heavy atom. The molecule has 0 aliphatic heterocycles. The molecule has 0 radical (unpaired) electrons. The topological polar surface area (TPSA) is 75.4 Å². The van der Waals surface area contributed by atoms with Crippen molar-refractivity contribution in [1.82, 2.24) is 10.3 Å². The van der Waals surface area contributed by atoms with Crippen LogP contribution in [-0.4, -0.2) is 29.1 Å². The van der Waals surface area contributed by atoms with E-state index in [9.17, 15) is 4.79 Å². The Hall–Kier alpha value is -1.36. The molecule has 1 aromatic rings. The Bertz CT molecular complexity index is 347. The van der Waals surface area contributed by atoms with Gasteiger partial charge in [0.1, 0.15) is 0 Å². The van der Waals surface area contributed by atoms with Crippen LogP contribution in [0.15, 0.2) is 4.42 Å². The number of oxazole rings is 1. The van der Waals surface area contributed by atoms with Gasteiger partial charge in [0.05, 0.1) is 5.69 Å². The summed E-state index contributed by atoms with van der Waals surface area (Å²) in [7, 11) is 0. The average molecular weight is 226 g/mol. The lowest BCUT2D eigenvalue weighted by atomic mass is 10.2. The largest absolute Gasteiger partial charge is 0.436 e. The van der Waals surface area contributed by atoms with Crippen molar-refractivity contribution in [2.24, 2.45) is 0 Å². The number of rotatable bonds is 6. The van der Waals surface area contributed by atoms with Crippen LogP contribution in [0.2, 0.25) is 0 Å². The second kappa shape index (κ2) is 6.27. The van der Waals surface area contributed by atoms with E-state index in [2.05, 4.69) is 10.3 Å². The van der Waals surface area contributed by atoms with E-state index in [1.54, 1.807) is 13.8 Å². The lowest BCUT2D eigenvalue weighted by molar-refractivity contribution is 0.0923. The molecule has 0 aliphatic rings. The van der Waals surface area contributed by atoms with Crippen LogP contribution < -0.4 is 5.32 Å². The second-order valence-corrected chi connectivity index (χ2v) is 3.69. The maximum atomic E-state index is 11.6. The monoisotopic (exact) mass is 226 g/mol. The number of nitrogens with one attached hydrogen (secondary N) is 1. The van der Waals surface area contributed by atoms with Crippen LogP contribution in [0.4, 0.5) is 0 Å². The molecule has 0 saturated carbocycles. The number of nitrogens with zero attached hydrogens (tertiary/aromatic N) is 1. The summed E-state index contributed by atoms with van der Waals surface area (Å²) in [6, 6.07) is 0. The molecule has 2 N–H and O–H groups in total. The average Bonchev–Trinajstić information content (AvgIpc) is 2.57. The second-order valence-electron chi connectivity index (χ2n) is 3.69. The van der Waals surface area contributed by atoms with E-state index in [0.717, 1.165) is 19.3 Å². The smallest absolute Gasteiger partial charge is 0.289 e. The number of hydrogen-bond donors (Lipinski definition) is 2. The number of unbranched alkanes of at least 4 members (excludes halogenated alkanes) is 2. The fraction of sp³-hybridized carbons (Fsp3) is 0.636. The molecule has 16 heavy (non-hydrogen) atoms. The van der Waals surface area contributed by atoms with Crippen LogP contribution in [0.3, 0.4) is 0 Å². The maximum absolute atomic E-state index is 11.6. The highest BCUT2D eigenvalue weighted by molar-refractivity contribution is 5.92. The molecule has 0 aromatic carbocycles. The number of carbonyl (C=O) groups is 1. The van der Waals surface area contributed by atoms with Gasteiger partial charge in [-0.25, -0.2) is 4.98 Å². The number of aryl methyl sites for hydroxylation is 2. The molecule has 1 aromatic heterocycles. The van der Waals surface area contributed by atoms with E-state index in [0.29, 0.717) is 23.9 Å². The number of amides is 1. The minimum absolute atomic E-state index is 0.203. The Morgan fingerprint density at radius 2 is 2.12 bits per heavy atom. The summed E-state index contributed by atoms with van der Waals surface area (Å²) in [5.74, 6) is 0.574. The first-order chi connectivity index (χ1) is 7.65. The van der Waals surface area contributed by atoms with E-state index in [-0.39, 0.29) is 12.5 Å². The van der Waals surface area contributed by atoms with Crippen LogP contribution >= 0.6 is 0 Å². The minimum atomic E-state index is -0.220. The first-order valence-corrected chi connectivity index (χ1v) is 5.48. The van der Waals surface area contributed by atoms with Gasteiger partial charge in [-0.15, -0.1) is 0 Å². The fourth-order valence-electron chi connectivity index (χ4n) is 1.44. The fourth-order valence-corrected chi connectivity index (χ4v) is 1.44.